The van der Waals surface area contributed by atoms with Crippen molar-refractivity contribution in [2.24, 2.45) is 11.3 Å². The molecule has 2 unspecified atom stereocenters. The minimum atomic E-state index is 0.659. The molecule has 2 fully saturated rings. The fourth-order valence-electron chi connectivity index (χ4n) is 3.62. The van der Waals surface area contributed by atoms with Crippen LogP contribution in [0.4, 0.5) is 0 Å². The van der Waals surface area contributed by atoms with Crippen molar-refractivity contribution in [2.45, 2.75) is 51.9 Å². The van der Waals surface area contributed by atoms with E-state index in [-0.39, 0.29) is 0 Å². The van der Waals surface area contributed by atoms with Crippen LogP contribution in [0, 0.1) is 11.3 Å². The van der Waals surface area contributed by atoms with Crippen LogP contribution >= 0.6 is 0 Å². The van der Waals surface area contributed by atoms with Crippen LogP contribution in [0.25, 0.3) is 0 Å². The van der Waals surface area contributed by atoms with Crippen molar-refractivity contribution in [2.75, 3.05) is 13.6 Å². The Labute approximate surface area is 94.3 Å². The number of fused-ring (bicyclic) bond motifs is 2. The van der Waals surface area contributed by atoms with E-state index in [1.807, 2.05) is 7.05 Å². The highest BCUT2D eigenvalue weighted by Gasteiger charge is 2.36. The maximum Gasteiger partial charge on any atom is -0.00172 e. The van der Waals surface area contributed by atoms with Crippen LogP contribution in [0.15, 0.2) is 11.6 Å². The van der Waals surface area contributed by atoms with Gasteiger partial charge in [0.1, 0.15) is 0 Å². The normalized spacial score (nSPS) is 38.3. The molecular weight excluding hydrogens is 182 g/mol. The largest absolute Gasteiger partial charge is 0.319 e. The molecule has 0 aromatic heterocycles. The lowest BCUT2D eigenvalue weighted by Gasteiger charge is -2.44. The van der Waals surface area contributed by atoms with Crippen LogP contribution in [0.3, 0.4) is 0 Å². The van der Waals surface area contributed by atoms with E-state index < -0.39 is 0 Å². The Morgan fingerprint density at radius 2 is 2.40 bits per heavy atom. The molecule has 2 bridgehead atoms. The molecule has 2 aliphatic rings. The van der Waals surface area contributed by atoms with Gasteiger partial charge in [-0.15, -0.1) is 0 Å². The smallest absolute Gasteiger partial charge is 0.00172 e. The lowest BCUT2D eigenvalue weighted by Crippen LogP contribution is -2.31. The second-order valence-electron chi connectivity index (χ2n) is 5.91. The van der Waals surface area contributed by atoms with Crippen LogP contribution in [-0.2, 0) is 0 Å². The SMILES string of the molecule is CNCC/C=C1\CC2CCCC(C)(C1)C2. The molecule has 1 heteroatoms. The molecule has 2 saturated carbocycles. The molecule has 0 aromatic carbocycles. The highest BCUT2D eigenvalue weighted by Crippen LogP contribution is 2.50. The molecule has 0 aliphatic heterocycles. The molecule has 0 spiro atoms. The maximum absolute atomic E-state index is 3.22. The molecular formula is C14H25N. The molecule has 1 N–H and O–H groups in total. The van der Waals surface area contributed by atoms with Gasteiger partial charge in [0.15, 0.2) is 0 Å². The van der Waals surface area contributed by atoms with Gasteiger partial charge < -0.3 is 5.32 Å². The number of nitrogens with one attached hydrogen (secondary N) is 1. The summed E-state index contributed by atoms with van der Waals surface area (Å²) in [4.78, 5) is 0. The topological polar surface area (TPSA) is 12.0 Å². The summed E-state index contributed by atoms with van der Waals surface area (Å²) < 4.78 is 0. The third-order valence-electron chi connectivity index (χ3n) is 4.21. The highest BCUT2D eigenvalue weighted by molar-refractivity contribution is 5.12. The second kappa shape index (κ2) is 4.69. The Morgan fingerprint density at radius 1 is 1.53 bits per heavy atom. The predicted molar refractivity (Wildman–Crippen MR) is 65.9 cm³/mol. The van der Waals surface area contributed by atoms with Crippen molar-refractivity contribution in [1.82, 2.24) is 5.32 Å². The maximum atomic E-state index is 3.22. The van der Waals surface area contributed by atoms with Crippen molar-refractivity contribution >= 4 is 0 Å². The molecule has 15 heavy (non-hydrogen) atoms. The lowest BCUT2D eigenvalue weighted by atomic mass is 9.61. The Hall–Kier alpha value is -0.300. The first kappa shape index (κ1) is 11.2. The van der Waals surface area contributed by atoms with Crippen LogP contribution in [0.1, 0.15) is 51.9 Å². The first-order chi connectivity index (χ1) is 7.22. The molecule has 86 valence electrons. The quantitative estimate of drug-likeness (QED) is 0.551. The average Bonchev–Trinajstić information content (AvgIpc) is 2.16. The van der Waals surface area contributed by atoms with Gasteiger partial charge in [0.2, 0.25) is 0 Å². The van der Waals surface area contributed by atoms with Gasteiger partial charge in [-0.2, -0.15) is 0 Å². The third kappa shape index (κ3) is 2.84. The Kier molecular flexibility index (Phi) is 3.50. The summed E-state index contributed by atoms with van der Waals surface area (Å²) in [6, 6.07) is 0. The van der Waals surface area contributed by atoms with E-state index >= 15 is 0 Å². The third-order valence-corrected chi connectivity index (χ3v) is 4.21. The van der Waals surface area contributed by atoms with Crippen molar-refractivity contribution < 1.29 is 0 Å². The monoisotopic (exact) mass is 207 g/mol. The minimum Gasteiger partial charge on any atom is -0.319 e. The van der Waals surface area contributed by atoms with E-state index in [0.717, 1.165) is 12.5 Å². The number of hydrogen-bond acceptors (Lipinski definition) is 1. The molecule has 0 radical (unpaired) electrons. The highest BCUT2D eigenvalue weighted by atomic mass is 14.8. The summed E-state index contributed by atoms with van der Waals surface area (Å²) in [5, 5.41) is 3.22. The Balaban J connectivity index is 1.95. The van der Waals surface area contributed by atoms with Crippen LogP contribution in [0.2, 0.25) is 0 Å². The van der Waals surface area contributed by atoms with Gasteiger partial charge in [-0.3, -0.25) is 0 Å². The van der Waals surface area contributed by atoms with Gasteiger partial charge in [-0.05, 0) is 57.0 Å². The van der Waals surface area contributed by atoms with Gasteiger partial charge in [0, 0.05) is 0 Å². The first-order valence-electron chi connectivity index (χ1n) is 6.54. The van der Waals surface area contributed by atoms with Crippen molar-refractivity contribution in [1.29, 1.82) is 0 Å². The van der Waals surface area contributed by atoms with E-state index in [1.165, 1.54) is 44.9 Å². The van der Waals surface area contributed by atoms with Crippen LogP contribution in [0.5, 0.6) is 0 Å². The summed E-state index contributed by atoms with van der Waals surface area (Å²) in [7, 11) is 2.04. The molecule has 2 atom stereocenters. The number of hydrogen-bond donors (Lipinski definition) is 1. The molecule has 2 rings (SSSR count). The zero-order chi connectivity index (χ0) is 10.7. The predicted octanol–water partition coefficient (Wildman–Crippen LogP) is 3.51. The van der Waals surface area contributed by atoms with Gasteiger partial charge >= 0.3 is 0 Å². The van der Waals surface area contributed by atoms with E-state index in [2.05, 4.69) is 18.3 Å². The van der Waals surface area contributed by atoms with Crippen molar-refractivity contribution in [3.05, 3.63) is 11.6 Å². The molecule has 0 amide bonds. The summed E-state index contributed by atoms with van der Waals surface area (Å²) in [6.45, 7) is 3.63. The van der Waals surface area contributed by atoms with E-state index in [1.54, 1.807) is 5.57 Å². The molecule has 0 heterocycles. The van der Waals surface area contributed by atoms with E-state index in [0.29, 0.717) is 5.41 Å². The summed E-state index contributed by atoms with van der Waals surface area (Å²) in [5.41, 5.74) is 2.41. The van der Waals surface area contributed by atoms with Crippen molar-refractivity contribution in [3.8, 4) is 0 Å². The van der Waals surface area contributed by atoms with Crippen LogP contribution < -0.4 is 5.32 Å². The summed E-state index contributed by atoms with van der Waals surface area (Å²) in [5.74, 6) is 1.01. The fourth-order valence-corrected chi connectivity index (χ4v) is 3.62. The average molecular weight is 207 g/mol. The Morgan fingerprint density at radius 3 is 3.13 bits per heavy atom. The van der Waals surface area contributed by atoms with Gasteiger partial charge in [-0.1, -0.05) is 31.4 Å². The zero-order valence-electron chi connectivity index (χ0n) is 10.3. The fraction of sp³-hybridized carbons (Fsp3) is 0.857. The van der Waals surface area contributed by atoms with E-state index in [9.17, 15) is 0 Å². The van der Waals surface area contributed by atoms with Crippen LogP contribution in [-0.4, -0.2) is 13.6 Å². The second-order valence-corrected chi connectivity index (χ2v) is 5.91. The van der Waals surface area contributed by atoms with Gasteiger partial charge in [0.25, 0.3) is 0 Å². The standard InChI is InChI=1S/C14H25N/c1-14-7-3-5-12(10-14)9-13(11-14)6-4-8-15-2/h6,12,15H,3-5,7-11H2,1-2H3/b13-6+. The summed E-state index contributed by atoms with van der Waals surface area (Å²) in [6.07, 6.45) is 12.4. The number of rotatable bonds is 3. The lowest BCUT2D eigenvalue weighted by molar-refractivity contribution is 0.127. The minimum absolute atomic E-state index is 0.659. The number of allylic oxidation sites excluding steroid dienone is 1. The summed E-state index contributed by atoms with van der Waals surface area (Å²) >= 11 is 0. The van der Waals surface area contributed by atoms with Crippen molar-refractivity contribution in [3.63, 3.8) is 0 Å². The van der Waals surface area contributed by atoms with Gasteiger partial charge in [-0.25, -0.2) is 0 Å². The molecule has 0 saturated heterocycles. The molecule has 1 nitrogen and oxygen atoms in total. The van der Waals surface area contributed by atoms with E-state index in [4.69, 9.17) is 0 Å². The zero-order valence-corrected chi connectivity index (χ0v) is 10.3. The molecule has 0 aromatic rings. The van der Waals surface area contributed by atoms with Gasteiger partial charge in [0.05, 0.1) is 0 Å². The first-order valence-corrected chi connectivity index (χ1v) is 6.54. The Bertz CT molecular complexity index is 244. The molecule has 2 aliphatic carbocycles.